The fourth-order valence-corrected chi connectivity index (χ4v) is 3.78. The highest BCUT2D eigenvalue weighted by Gasteiger charge is 2.37. The second-order valence-corrected chi connectivity index (χ2v) is 7.39. The van der Waals surface area contributed by atoms with Crippen LogP contribution in [-0.2, 0) is 5.41 Å². The molecular formula is C23H27N3O4. The van der Waals surface area contributed by atoms with Crippen molar-refractivity contribution in [2.45, 2.75) is 19.3 Å². The van der Waals surface area contributed by atoms with Crippen molar-refractivity contribution < 1.29 is 19.0 Å². The van der Waals surface area contributed by atoms with Crippen LogP contribution in [0.3, 0.4) is 0 Å². The standard InChI is InChI=1S/C23H27N3O4/c1-23(2)16-9-7-8-10-17(16)26(3)20(23)11-12-24-25-22(27)15-13-18(28-4)21(30-6)19(14-15)29-5/h7-14H,1-6H3,(H,25,27)/b20-11-,24-12-. The van der Waals surface area contributed by atoms with Gasteiger partial charge in [0.05, 0.1) is 21.3 Å². The Hall–Kier alpha value is -3.48. The predicted octanol–water partition coefficient (Wildman–Crippen LogP) is 3.74. The molecule has 0 radical (unpaired) electrons. The van der Waals surface area contributed by atoms with Gasteiger partial charge in [-0.05, 0) is 29.8 Å². The fourth-order valence-electron chi connectivity index (χ4n) is 3.78. The van der Waals surface area contributed by atoms with Gasteiger partial charge in [0.1, 0.15) is 0 Å². The fraction of sp³-hybridized carbons (Fsp3) is 0.304. The zero-order valence-corrected chi connectivity index (χ0v) is 18.1. The second kappa shape index (κ2) is 8.49. The quantitative estimate of drug-likeness (QED) is 0.581. The van der Waals surface area contributed by atoms with Gasteiger partial charge in [0.15, 0.2) is 11.5 Å². The Bertz CT molecular complexity index is 986. The van der Waals surface area contributed by atoms with E-state index in [4.69, 9.17) is 14.2 Å². The number of likely N-dealkylation sites (N-methyl/N-ethyl adjacent to an activating group) is 1. The minimum Gasteiger partial charge on any atom is -0.493 e. The number of para-hydroxylation sites is 1. The van der Waals surface area contributed by atoms with Crippen LogP contribution in [0.5, 0.6) is 17.2 Å². The first-order chi connectivity index (χ1) is 14.3. The number of carbonyl (C=O) groups excluding carboxylic acids is 1. The number of hydrazone groups is 1. The first kappa shape index (κ1) is 21.2. The predicted molar refractivity (Wildman–Crippen MR) is 118 cm³/mol. The number of hydrogen-bond acceptors (Lipinski definition) is 6. The van der Waals surface area contributed by atoms with Gasteiger partial charge in [-0.3, -0.25) is 4.79 Å². The van der Waals surface area contributed by atoms with Crippen LogP contribution in [0.1, 0.15) is 29.8 Å². The third-order valence-electron chi connectivity index (χ3n) is 5.34. The number of fused-ring (bicyclic) bond motifs is 1. The maximum Gasteiger partial charge on any atom is 0.271 e. The number of carbonyl (C=O) groups is 1. The Kier molecular flexibility index (Phi) is 6.01. The molecule has 0 bridgehead atoms. The molecule has 0 saturated carbocycles. The molecule has 0 spiro atoms. The van der Waals surface area contributed by atoms with E-state index in [9.17, 15) is 4.79 Å². The molecule has 0 unspecified atom stereocenters. The summed E-state index contributed by atoms with van der Waals surface area (Å²) in [6.07, 6.45) is 3.50. The largest absolute Gasteiger partial charge is 0.493 e. The normalized spacial score (nSPS) is 15.9. The zero-order chi connectivity index (χ0) is 21.9. The highest BCUT2D eigenvalue weighted by molar-refractivity contribution is 5.96. The number of hydrogen-bond donors (Lipinski definition) is 1. The van der Waals surface area contributed by atoms with Crippen LogP contribution in [0.2, 0.25) is 0 Å². The number of nitrogens with zero attached hydrogens (tertiary/aromatic N) is 2. The van der Waals surface area contributed by atoms with Gasteiger partial charge >= 0.3 is 0 Å². The minimum absolute atomic E-state index is 0.155. The van der Waals surface area contributed by atoms with Crippen molar-refractivity contribution in [3.05, 3.63) is 59.3 Å². The van der Waals surface area contributed by atoms with Gasteiger partial charge in [-0.2, -0.15) is 5.10 Å². The minimum atomic E-state index is -0.383. The average molecular weight is 409 g/mol. The van der Waals surface area contributed by atoms with E-state index in [-0.39, 0.29) is 11.3 Å². The van der Waals surface area contributed by atoms with E-state index >= 15 is 0 Å². The van der Waals surface area contributed by atoms with E-state index in [1.807, 2.05) is 25.3 Å². The van der Waals surface area contributed by atoms with E-state index in [2.05, 4.69) is 41.4 Å². The molecule has 0 atom stereocenters. The molecular weight excluding hydrogens is 382 g/mol. The van der Waals surface area contributed by atoms with Crippen molar-refractivity contribution in [1.82, 2.24) is 5.43 Å². The SMILES string of the molecule is COc1cc(C(=O)N/N=C\C=C2/N(C)c3ccccc3C2(C)C)cc(OC)c1OC. The molecule has 1 aliphatic rings. The summed E-state index contributed by atoms with van der Waals surface area (Å²) < 4.78 is 15.9. The summed E-state index contributed by atoms with van der Waals surface area (Å²) in [4.78, 5) is 14.7. The summed E-state index contributed by atoms with van der Waals surface area (Å²) in [6, 6.07) is 11.5. The van der Waals surface area contributed by atoms with Crippen LogP contribution >= 0.6 is 0 Å². The van der Waals surface area contributed by atoms with Crippen LogP contribution in [0, 0.1) is 0 Å². The molecule has 7 nitrogen and oxygen atoms in total. The van der Waals surface area contributed by atoms with E-state index in [0.717, 1.165) is 5.70 Å². The molecule has 2 aromatic rings. The van der Waals surface area contributed by atoms with Crippen LogP contribution in [-0.4, -0.2) is 40.5 Å². The summed E-state index contributed by atoms with van der Waals surface area (Å²) >= 11 is 0. The van der Waals surface area contributed by atoms with Gasteiger partial charge in [0.2, 0.25) is 5.75 Å². The van der Waals surface area contributed by atoms with Crippen LogP contribution in [0.25, 0.3) is 0 Å². The topological polar surface area (TPSA) is 72.4 Å². The van der Waals surface area contributed by atoms with Crippen molar-refractivity contribution in [3.63, 3.8) is 0 Å². The van der Waals surface area contributed by atoms with Crippen molar-refractivity contribution in [3.8, 4) is 17.2 Å². The van der Waals surface area contributed by atoms with Crippen molar-refractivity contribution in [2.75, 3.05) is 33.3 Å². The Morgan fingerprint density at radius 2 is 1.70 bits per heavy atom. The van der Waals surface area contributed by atoms with Gasteiger partial charge in [-0.25, -0.2) is 5.43 Å². The molecule has 7 heteroatoms. The van der Waals surface area contributed by atoms with Crippen LogP contribution < -0.4 is 24.5 Å². The first-order valence-corrected chi connectivity index (χ1v) is 9.52. The number of benzene rings is 2. The lowest BCUT2D eigenvalue weighted by atomic mass is 9.84. The first-order valence-electron chi connectivity index (χ1n) is 9.52. The maximum absolute atomic E-state index is 12.5. The Morgan fingerprint density at radius 3 is 2.27 bits per heavy atom. The van der Waals surface area contributed by atoms with E-state index in [0.29, 0.717) is 22.8 Å². The van der Waals surface area contributed by atoms with Gasteiger partial charge in [0.25, 0.3) is 5.91 Å². The van der Waals surface area contributed by atoms with Crippen molar-refractivity contribution in [2.24, 2.45) is 5.10 Å². The molecule has 0 fully saturated rings. The average Bonchev–Trinajstić information content (AvgIpc) is 2.95. The third-order valence-corrected chi connectivity index (χ3v) is 5.34. The van der Waals surface area contributed by atoms with E-state index < -0.39 is 0 Å². The number of amides is 1. The van der Waals surface area contributed by atoms with Gasteiger partial charge in [-0.15, -0.1) is 0 Å². The lowest BCUT2D eigenvalue weighted by Gasteiger charge is -2.23. The van der Waals surface area contributed by atoms with Gasteiger partial charge in [0, 0.05) is 35.6 Å². The lowest BCUT2D eigenvalue weighted by molar-refractivity contribution is 0.0954. The number of nitrogens with one attached hydrogen (secondary N) is 1. The molecule has 1 heterocycles. The molecule has 2 aromatic carbocycles. The molecule has 0 aromatic heterocycles. The Morgan fingerprint density at radius 1 is 1.07 bits per heavy atom. The molecule has 3 rings (SSSR count). The van der Waals surface area contributed by atoms with Crippen molar-refractivity contribution in [1.29, 1.82) is 0 Å². The van der Waals surface area contributed by atoms with Crippen LogP contribution in [0.4, 0.5) is 5.69 Å². The number of ether oxygens (including phenoxy) is 3. The number of methoxy groups -OCH3 is 3. The third kappa shape index (κ3) is 3.70. The highest BCUT2D eigenvalue weighted by Crippen LogP contribution is 2.46. The maximum atomic E-state index is 12.5. The van der Waals surface area contributed by atoms with Crippen molar-refractivity contribution >= 4 is 17.8 Å². The van der Waals surface area contributed by atoms with E-state index in [1.165, 1.54) is 32.6 Å². The molecule has 1 N–H and O–H groups in total. The molecule has 1 aliphatic heterocycles. The zero-order valence-electron chi connectivity index (χ0n) is 18.1. The van der Waals surface area contributed by atoms with Crippen LogP contribution in [0.15, 0.2) is 53.3 Å². The lowest BCUT2D eigenvalue weighted by Crippen LogP contribution is -2.23. The second-order valence-electron chi connectivity index (χ2n) is 7.39. The van der Waals surface area contributed by atoms with Gasteiger partial charge in [-0.1, -0.05) is 32.0 Å². The molecule has 0 saturated heterocycles. The number of rotatable bonds is 6. The number of anilines is 1. The van der Waals surface area contributed by atoms with E-state index in [1.54, 1.807) is 18.3 Å². The summed E-state index contributed by atoms with van der Waals surface area (Å²) in [5.41, 5.74) is 6.25. The summed E-state index contributed by atoms with van der Waals surface area (Å²) in [6.45, 7) is 4.34. The van der Waals surface area contributed by atoms with Gasteiger partial charge < -0.3 is 19.1 Å². The highest BCUT2D eigenvalue weighted by atomic mass is 16.5. The molecule has 1 amide bonds. The Labute approximate surface area is 176 Å². The number of allylic oxidation sites excluding steroid dienone is 2. The monoisotopic (exact) mass is 409 g/mol. The smallest absolute Gasteiger partial charge is 0.271 e. The summed E-state index contributed by atoms with van der Waals surface area (Å²) in [5, 5.41) is 4.09. The summed E-state index contributed by atoms with van der Waals surface area (Å²) in [5.74, 6) is 0.850. The molecule has 0 aliphatic carbocycles. The molecule has 158 valence electrons. The molecule has 30 heavy (non-hydrogen) atoms. The Balaban J connectivity index is 1.77. The summed E-state index contributed by atoms with van der Waals surface area (Å²) in [7, 11) is 6.54.